The van der Waals surface area contributed by atoms with E-state index < -0.39 is 17.8 Å². The van der Waals surface area contributed by atoms with E-state index in [0.29, 0.717) is 10.7 Å². The second kappa shape index (κ2) is 5.46. The van der Waals surface area contributed by atoms with Crippen molar-refractivity contribution >= 4 is 45.1 Å². The third-order valence-electron chi connectivity index (χ3n) is 4.24. The van der Waals surface area contributed by atoms with Gasteiger partial charge in [-0.15, -0.1) is 0 Å². The van der Waals surface area contributed by atoms with Crippen molar-refractivity contribution in [1.82, 2.24) is 0 Å². The number of fused-ring (bicyclic) bond motifs is 2. The van der Waals surface area contributed by atoms with Crippen LogP contribution >= 0.6 is 27.5 Å². The Bertz CT molecular complexity index is 646. The van der Waals surface area contributed by atoms with Gasteiger partial charge in [-0.1, -0.05) is 39.7 Å². The molecule has 2 bridgehead atoms. The minimum atomic E-state index is -0.908. The average molecular weight is 371 g/mol. The number of hydrogen-bond acceptors (Lipinski definition) is 2. The smallest absolute Gasteiger partial charge is 0.307 e. The van der Waals surface area contributed by atoms with Crippen LogP contribution in [0.25, 0.3) is 0 Å². The van der Waals surface area contributed by atoms with E-state index in [2.05, 4.69) is 21.2 Å². The van der Waals surface area contributed by atoms with Gasteiger partial charge in [0, 0.05) is 4.47 Å². The van der Waals surface area contributed by atoms with Crippen LogP contribution in [0.3, 0.4) is 0 Å². The Kier molecular flexibility index (Phi) is 3.80. The van der Waals surface area contributed by atoms with Crippen molar-refractivity contribution < 1.29 is 14.7 Å². The van der Waals surface area contributed by atoms with Crippen molar-refractivity contribution in [3.8, 4) is 0 Å². The van der Waals surface area contributed by atoms with Gasteiger partial charge >= 0.3 is 5.97 Å². The molecule has 1 fully saturated rings. The van der Waals surface area contributed by atoms with Gasteiger partial charge in [0.2, 0.25) is 5.91 Å². The Morgan fingerprint density at radius 1 is 1.24 bits per heavy atom. The number of benzene rings is 1. The summed E-state index contributed by atoms with van der Waals surface area (Å²) in [4.78, 5) is 23.9. The molecule has 2 aliphatic rings. The summed E-state index contributed by atoms with van der Waals surface area (Å²) in [6.07, 6.45) is 4.61. The highest BCUT2D eigenvalue weighted by Gasteiger charge is 2.51. The standard InChI is InChI=1S/C15H13BrClNO3/c16-9-3-4-11(10(17)6-9)18-14(19)12-7-1-2-8(5-7)13(12)15(20)21/h1-4,6-8,12-13H,5H2,(H,18,19)(H,20,21)/t7-,8-,12-,13+/m0/s1. The Balaban J connectivity index is 1.82. The monoisotopic (exact) mass is 369 g/mol. The average Bonchev–Trinajstić information content (AvgIpc) is 3.02. The van der Waals surface area contributed by atoms with Gasteiger partial charge in [0.15, 0.2) is 0 Å². The summed E-state index contributed by atoms with van der Waals surface area (Å²) in [6, 6.07) is 5.16. The van der Waals surface area contributed by atoms with Crippen LogP contribution in [-0.4, -0.2) is 17.0 Å². The van der Waals surface area contributed by atoms with E-state index in [9.17, 15) is 14.7 Å². The number of carbonyl (C=O) groups is 2. The molecule has 0 spiro atoms. The molecule has 0 unspecified atom stereocenters. The molecule has 0 aliphatic heterocycles. The maximum absolute atomic E-state index is 12.5. The number of carboxylic acids is 1. The SMILES string of the molecule is O=C(Nc1ccc(Br)cc1Cl)[C@@H]1[C@H](C(=O)O)[C@H]2C=C[C@H]1C2. The Morgan fingerprint density at radius 2 is 1.90 bits per heavy atom. The lowest BCUT2D eigenvalue weighted by molar-refractivity contribution is -0.146. The number of carbonyl (C=O) groups excluding carboxylic acids is 1. The van der Waals surface area contributed by atoms with Crippen molar-refractivity contribution in [2.45, 2.75) is 6.42 Å². The number of rotatable bonds is 3. The molecule has 4 atom stereocenters. The molecule has 4 nitrogen and oxygen atoms in total. The highest BCUT2D eigenvalue weighted by Crippen LogP contribution is 2.48. The van der Waals surface area contributed by atoms with E-state index >= 15 is 0 Å². The number of aliphatic carboxylic acids is 1. The fourth-order valence-corrected chi connectivity index (χ4v) is 4.04. The summed E-state index contributed by atoms with van der Waals surface area (Å²) in [5.41, 5.74) is 0.501. The van der Waals surface area contributed by atoms with E-state index in [1.165, 1.54) is 0 Å². The molecule has 1 aromatic carbocycles. The van der Waals surface area contributed by atoms with E-state index in [4.69, 9.17) is 11.6 Å². The van der Waals surface area contributed by atoms with Crippen molar-refractivity contribution in [3.63, 3.8) is 0 Å². The molecule has 1 saturated carbocycles. The largest absolute Gasteiger partial charge is 0.481 e. The summed E-state index contributed by atoms with van der Waals surface area (Å²) >= 11 is 9.38. The molecule has 2 aliphatic carbocycles. The van der Waals surface area contributed by atoms with Crippen LogP contribution in [0.2, 0.25) is 5.02 Å². The van der Waals surface area contributed by atoms with Crippen molar-refractivity contribution in [3.05, 3.63) is 39.8 Å². The first-order valence-electron chi connectivity index (χ1n) is 6.64. The minimum absolute atomic E-state index is 0.00493. The van der Waals surface area contributed by atoms with Gasteiger partial charge in [-0.3, -0.25) is 9.59 Å². The summed E-state index contributed by atoms with van der Waals surface area (Å²) in [5.74, 6) is -2.39. The first-order chi connectivity index (χ1) is 9.97. The Hall–Kier alpha value is -1.33. The van der Waals surface area contributed by atoms with Gasteiger partial charge in [-0.05, 0) is 36.5 Å². The molecular weight excluding hydrogens is 358 g/mol. The fourth-order valence-electron chi connectivity index (χ4n) is 3.32. The van der Waals surface area contributed by atoms with E-state index in [1.54, 1.807) is 18.2 Å². The molecule has 1 amide bonds. The van der Waals surface area contributed by atoms with Gasteiger partial charge in [-0.25, -0.2) is 0 Å². The molecule has 0 aromatic heterocycles. The number of anilines is 1. The summed E-state index contributed by atoms with van der Waals surface area (Å²) < 4.78 is 0.816. The molecule has 2 N–H and O–H groups in total. The minimum Gasteiger partial charge on any atom is -0.481 e. The highest BCUT2D eigenvalue weighted by molar-refractivity contribution is 9.10. The number of allylic oxidation sites excluding steroid dienone is 2. The summed E-state index contributed by atoms with van der Waals surface area (Å²) in [7, 11) is 0. The van der Waals surface area contributed by atoms with E-state index in [-0.39, 0.29) is 17.7 Å². The zero-order chi connectivity index (χ0) is 15.1. The number of amides is 1. The molecule has 21 heavy (non-hydrogen) atoms. The molecule has 0 radical (unpaired) electrons. The molecular formula is C15H13BrClNO3. The van der Waals surface area contributed by atoms with Crippen LogP contribution in [0, 0.1) is 23.7 Å². The fraction of sp³-hybridized carbons (Fsp3) is 0.333. The Labute approximate surface area is 135 Å². The normalized spacial score (nSPS) is 29.6. The number of carboxylic acid groups (broad SMARTS) is 1. The van der Waals surface area contributed by atoms with Crippen LogP contribution < -0.4 is 5.32 Å². The van der Waals surface area contributed by atoms with Crippen LogP contribution in [-0.2, 0) is 9.59 Å². The zero-order valence-corrected chi connectivity index (χ0v) is 13.3. The van der Waals surface area contributed by atoms with Gasteiger partial charge in [0.05, 0.1) is 22.5 Å². The number of halogens is 2. The first-order valence-corrected chi connectivity index (χ1v) is 7.81. The summed E-state index contributed by atoms with van der Waals surface area (Å²) in [5, 5.41) is 12.5. The van der Waals surface area contributed by atoms with Gasteiger partial charge < -0.3 is 10.4 Å². The molecule has 0 heterocycles. The number of nitrogens with one attached hydrogen (secondary N) is 1. The zero-order valence-electron chi connectivity index (χ0n) is 10.9. The van der Waals surface area contributed by atoms with Crippen LogP contribution in [0.1, 0.15) is 6.42 Å². The highest BCUT2D eigenvalue weighted by atomic mass is 79.9. The molecule has 110 valence electrons. The van der Waals surface area contributed by atoms with Crippen LogP contribution in [0.15, 0.2) is 34.8 Å². The lowest BCUT2D eigenvalue weighted by Gasteiger charge is -2.24. The lowest BCUT2D eigenvalue weighted by Crippen LogP contribution is -2.36. The second-order valence-electron chi connectivity index (χ2n) is 5.45. The maximum atomic E-state index is 12.5. The van der Waals surface area contributed by atoms with Crippen LogP contribution in [0.5, 0.6) is 0 Å². The van der Waals surface area contributed by atoms with Gasteiger partial charge in [0.25, 0.3) is 0 Å². The molecule has 3 rings (SSSR count). The third kappa shape index (κ3) is 2.60. The summed E-state index contributed by atoms with van der Waals surface area (Å²) in [6.45, 7) is 0. The first kappa shape index (κ1) is 14.6. The Morgan fingerprint density at radius 3 is 2.52 bits per heavy atom. The number of hydrogen-bond donors (Lipinski definition) is 2. The van der Waals surface area contributed by atoms with Gasteiger partial charge in [-0.2, -0.15) is 0 Å². The molecule has 0 saturated heterocycles. The predicted molar refractivity (Wildman–Crippen MR) is 83.1 cm³/mol. The van der Waals surface area contributed by atoms with Crippen molar-refractivity contribution in [2.24, 2.45) is 23.7 Å². The lowest BCUT2D eigenvalue weighted by atomic mass is 9.82. The molecule has 6 heteroatoms. The van der Waals surface area contributed by atoms with Gasteiger partial charge in [0.1, 0.15) is 0 Å². The predicted octanol–water partition coefficient (Wildman–Crippen LogP) is 3.56. The second-order valence-corrected chi connectivity index (χ2v) is 6.77. The van der Waals surface area contributed by atoms with E-state index in [0.717, 1.165) is 10.9 Å². The maximum Gasteiger partial charge on any atom is 0.307 e. The van der Waals surface area contributed by atoms with Crippen LogP contribution in [0.4, 0.5) is 5.69 Å². The van der Waals surface area contributed by atoms with E-state index in [1.807, 2.05) is 12.2 Å². The topological polar surface area (TPSA) is 66.4 Å². The molecule has 1 aromatic rings. The third-order valence-corrected chi connectivity index (χ3v) is 5.04. The quantitative estimate of drug-likeness (QED) is 0.800. The van der Waals surface area contributed by atoms with Crippen molar-refractivity contribution in [2.75, 3.05) is 5.32 Å². The van der Waals surface area contributed by atoms with Crippen molar-refractivity contribution in [1.29, 1.82) is 0 Å².